The van der Waals surface area contributed by atoms with Crippen LogP contribution in [0.3, 0.4) is 0 Å². The van der Waals surface area contributed by atoms with Gasteiger partial charge in [0.05, 0.1) is 4.92 Å². The molecule has 4 heteroatoms. The minimum Gasteiger partial charge on any atom is -0.258 e. The number of nitro benzene ring substituents is 1. The quantitative estimate of drug-likeness (QED) is 0.429. The molecule has 0 spiro atoms. The number of hydrogen-bond acceptors (Lipinski definition) is 2. The van der Waals surface area contributed by atoms with E-state index in [2.05, 4.69) is 0 Å². The summed E-state index contributed by atoms with van der Waals surface area (Å²) < 4.78 is 0. The molecule has 3 nitrogen and oxygen atoms in total. The molecule has 0 aliphatic heterocycles. The summed E-state index contributed by atoms with van der Waals surface area (Å²) in [5.74, 6) is 0.944. The van der Waals surface area contributed by atoms with E-state index in [1.165, 1.54) is 0 Å². The topological polar surface area (TPSA) is 43.1 Å². The zero-order valence-corrected chi connectivity index (χ0v) is 8.33. The van der Waals surface area contributed by atoms with Gasteiger partial charge in [-0.1, -0.05) is 12.1 Å². The molecule has 2 rings (SSSR count). The van der Waals surface area contributed by atoms with Gasteiger partial charge < -0.3 is 0 Å². The first-order valence-electron chi connectivity index (χ1n) is 4.53. The number of nitrogens with zero attached hydrogens (tertiary/aromatic N) is 1. The van der Waals surface area contributed by atoms with Crippen molar-refractivity contribution in [3.63, 3.8) is 0 Å². The summed E-state index contributed by atoms with van der Waals surface area (Å²) in [4.78, 5) is 10.4. The van der Waals surface area contributed by atoms with Gasteiger partial charge in [-0.3, -0.25) is 10.1 Å². The van der Waals surface area contributed by atoms with Gasteiger partial charge in [-0.25, -0.2) is 0 Å². The third-order valence-electron chi connectivity index (χ3n) is 2.66. The zero-order chi connectivity index (χ0) is 10.1. The van der Waals surface area contributed by atoms with E-state index in [9.17, 15) is 10.1 Å². The molecule has 0 N–H and O–H groups in total. The van der Waals surface area contributed by atoms with Crippen molar-refractivity contribution < 1.29 is 4.92 Å². The van der Waals surface area contributed by atoms with Crippen LogP contribution < -0.4 is 0 Å². The van der Waals surface area contributed by atoms with E-state index in [1.54, 1.807) is 12.1 Å². The molecule has 1 aliphatic rings. The van der Waals surface area contributed by atoms with E-state index >= 15 is 0 Å². The van der Waals surface area contributed by atoms with Crippen LogP contribution in [0.1, 0.15) is 11.1 Å². The Morgan fingerprint density at radius 1 is 1.50 bits per heavy atom. The van der Waals surface area contributed by atoms with Crippen LogP contribution in [0.4, 0.5) is 5.69 Å². The predicted octanol–water partition coefficient (Wildman–Crippen LogP) is 2.55. The summed E-state index contributed by atoms with van der Waals surface area (Å²) >= 11 is 5.76. The van der Waals surface area contributed by atoms with Crippen molar-refractivity contribution in [2.24, 2.45) is 5.92 Å². The Balaban J connectivity index is 2.41. The van der Waals surface area contributed by atoms with Crippen molar-refractivity contribution in [1.82, 2.24) is 0 Å². The summed E-state index contributed by atoms with van der Waals surface area (Å²) in [6, 6.07) is 5.26. The maximum Gasteiger partial charge on any atom is 0.272 e. The van der Waals surface area contributed by atoms with Crippen LogP contribution in [0.2, 0.25) is 0 Å². The largest absolute Gasteiger partial charge is 0.272 e. The average molecular weight is 212 g/mol. The van der Waals surface area contributed by atoms with Crippen LogP contribution in [0.15, 0.2) is 18.2 Å². The monoisotopic (exact) mass is 211 g/mol. The second kappa shape index (κ2) is 3.58. The predicted molar refractivity (Wildman–Crippen MR) is 54.7 cm³/mol. The van der Waals surface area contributed by atoms with Crippen molar-refractivity contribution >= 4 is 17.3 Å². The first-order valence-corrected chi connectivity index (χ1v) is 5.07. The number of benzene rings is 1. The Morgan fingerprint density at radius 2 is 2.29 bits per heavy atom. The molecule has 0 aromatic heterocycles. The lowest BCUT2D eigenvalue weighted by Crippen LogP contribution is -2.00. The molecule has 14 heavy (non-hydrogen) atoms. The van der Waals surface area contributed by atoms with E-state index in [0.717, 1.165) is 24.0 Å². The van der Waals surface area contributed by atoms with Gasteiger partial charge in [0.1, 0.15) is 0 Å². The summed E-state index contributed by atoms with van der Waals surface area (Å²) in [7, 11) is 0. The molecule has 0 amide bonds. The Labute approximate surface area is 86.8 Å². The summed E-state index contributed by atoms with van der Waals surface area (Å²) in [5.41, 5.74) is 2.21. The molecule has 0 saturated heterocycles. The smallest absolute Gasteiger partial charge is 0.258 e. The van der Waals surface area contributed by atoms with Gasteiger partial charge in [-0.2, -0.15) is 0 Å². The SMILES string of the molecule is O=[N+]([O-])c1cccc2c1CC(CCl)C2. The molecule has 0 fully saturated rings. The maximum atomic E-state index is 10.7. The average Bonchev–Trinajstić information content (AvgIpc) is 2.59. The van der Waals surface area contributed by atoms with Crippen molar-refractivity contribution in [1.29, 1.82) is 0 Å². The van der Waals surface area contributed by atoms with E-state index in [0.29, 0.717) is 11.8 Å². The van der Waals surface area contributed by atoms with E-state index in [4.69, 9.17) is 11.6 Å². The van der Waals surface area contributed by atoms with Crippen LogP contribution >= 0.6 is 11.6 Å². The van der Waals surface area contributed by atoms with E-state index in [-0.39, 0.29) is 10.6 Å². The minimum absolute atomic E-state index is 0.245. The van der Waals surface area contributed by atoms with Crippen LogP contribution in [0.25, 0.3) is 0 Å². The van der Waals surface area contributed by atoms with Gasteiger partial charge in [0.25, 0.3) is 5.69 Å². The number of alkyl halides is 1. The number of rotatable bonds is 2. The molecule has 1 atom stereocenters. The fourth-order valence-corrected chi connectivity index (χ4v) is 2.22. The van der Waals surface area contributed by atoms with Crippen molar-refractivity contribution in [3.8, 4) is 0 Å². The number of halogens is 1. The Bertz CT molecular complexity index is 378. The van der Waals surface area contributed by atoms with Gasteiger partial charge in [0.15, 0.2) is 0 Å². The third kappa shape index (κ3) is 1.48. The molecule has 0 heterocycles. The van der Waals surface area contributed by atoms with Gasteiger partial charge in [-0.15, -0.1) is 11.6 Å². The first-order chi connectivity index (χ1) is 6.72. The molecule has 0 radical (unpaired) electrons. The fraction of sp³-hybridized carbons (Fsp3) is 0.400. The Hall–Kier alpha value is -1.09. The minimum atomic E-state index is -0.310. The third-order valence-corrected chi connectivity index (χ3v) is 3.10. The maximum absolute atomic E-state index is 10.7. The first kappa shape index (κ1) is 9.46. The van der Waals surface area contributed by atoms with Crippen molar-refractivity contribution in [2.75, 3.05) is 5.88 Å². The lowest BCUT2D eigenvalue weighted by Gasteiger charge is -2.00. The second-order valence-corrected chi connectivity index (χ2v) is 3.91. The molecule has 0 bridgehead atoms. The van der Waals surface area contributed by atoms with Crippen LogP contribution in [-0.4, -0.2) is 10.8 Å². The normalized spacial score (nSPS) is 19.4. The van der Waals surface area contributed by atoms with Gasteiger partial charge in [0, 0.05) is 17.5 Å². The fourth-order valence-electron chi connectivity index (χ4n) is 2.00. The molecule has 1 unspecified atom stereocenters. The Morgan fingerprint density at radius 3 is 2.93 bits per heavy atom. The van der Waals surface area contributed by atoms with E-state index in [1.807, 2.05) is 6.07 Å². The van der Waals surface area contributed by atoms with Crippen molar-refractivity contribution in [3.05, 3.63) is 39.4 Å². The molecular formula is C10H10ClNO2. The number of hydrogen-bond donors (Lipinski definition) is 0. The second-order valence-electron chi connectivity index (χ2n) is 3.60. The van der Waals surface area contributed by atoms with Gasteiger partial charge in [0.2, 0.25) is 0 Å². The standard InChI is InChI=1S/C10H10ClNO2/c11-6-7-4-8-2-1-3-10(12(13)14)9(8)5-7/h1-3,7H,4-6H2. The van der Waals surface area contributed by atoms with Crippen LogP contribution in [-0.2, 0) is 12.8 Å². The zero-order valence-electron chi connectivity index (χ0n) is 7.57. The lowest BCUT2D eigenvalue weighted by molar-refractivity contribution is -0.385. The molecule has 1 aliphatic carbocycles. The highest BCUT2D eigenvalue weighted by Gasteiger charge is 2.27. The lowest BCUT2D eigenvalue weighted by atomic mass is 10.1. The van der Waals surface area contributed by atoms with Crippen LogP contribution in [0.5, 0.6) is 0 Å². The van der Waals surface area contributed by atoms with Gasteiger partial charge in [-0.05, 0) is 24.3 Å². The summed E-state index contributed by atoms with van der Waals surface area (Å²) in [5, 5.41) is 10.7. The highest BCUT2D eigenvalue weighted by Crippen LogP contribution is 2.33. The highest BCUT2D eigenvalue weighted by molar-refractivity contribution is 6.18. The summed E-state index contributed by atoms with van der Waals surface area (Å²) in [6.45, 7) is 0. The molecule has 74 valence electrons. The highest BCUT2D eigenvalue weighted by atomic mass is 35.5. The molecular weight excluding hydrogens is 202 g/mol. The number of fused-ring (bicyclic) bond motifs is 1. The molecule has 0 saturated carbocycles. The summed E-state index contributed by atoms with van der Waals surface area (Å²) in [6.07, 6.45) is 1.62. The number of nitro groups is 1. The Kier molecular flexibility index (Phi) is 2.42. The molecule has 1 aromatic carbocycles. The van der Waals surface area contributed by atoms with Crippen molar-refractivity contribution in [2.45, 2.75) is 12.8 Å². The van der Waals surface area contributed by atoms with Gasteiger partial charge >= 0.3 is 0 Å². The molecule has 1 aromatic rings. The van der Waals surface area contributed by atoms with Crippen LogP contribution in [0, 0.1) is 16.0 Å². The van der Waals surface area contributed by atoms with E-state index < -0.39 is 0 Å².